The van der Waals surface area contributed by atoms with Gasteiger partial charge in [-0.05, 0) is 82.0 Å². The second-order valence-corrected chi connectivity index (χ2v) is 13.1. The van der Waals surface area contributed by atoms with Gasteiger partial charge >= 0.3 is 0 Å². The number of primary amides is 1. The minimum atomic E-state index is -0.618. The van der Waals surface area contributed by atoms with E-state index in [2.05, 4.69) is 62.1 Å². The van der Waals surface area contributed by atoms with Gasteiger partial charge in [0.05, 0.1) is 0 Å². The number of nitrogens with two attached hydrogens (primary N) is 1. The highest BCUT2D eigenvalue weighted by molar-refractivity contribution is 5.98. The molecule has 0 unspecified atom stereocenters. The van der Waals surface area contributed by atoms with Gasteiger partial charge in [-0.1, -0.05) is 0 Å². The van der Waals surface area contributed by atoms with E-state index in [-0.39, 0.29) is 11.2 Å². The molecule has 0 radical (unpaired) electrons. The maximum atomic E-state index is 12.8. The maximum Gasteiger partial charge on any atom is 0.271 e. The molecular weight excluding hydrogens is 566 g/mol. The topological polar surface area (TPSA) is 116 Å². The van der Waals surface area contributed by atoms with Gasteiger partial charge in [-0.3, -0.25) is 14.7 Å². The predicted octanol–water partition coefficient (Wildman–Crippen LogP) is 3.67. The molecule has 3 N–H and O–H groups in total. The lowest BCUT2D eigenvalue weighted by molar-refractivity contribution is 0.0285. The summed E-state index contributed by atoms with van der Waals surface area (Å²) in [5.41, 5.74) is 10.8. The van der Waals surface area contributed by atoms with Gasteiger partial charge in [0, 0.05) is 99.9 Å². The first-order valence-electron chi connectivity index (χ1n) is 16.4. The van der Waals surface area contributed by atoms with Gasteiger partial charge < -0.3 is 30.5 Å². The minimum absolute atomic E-state index is 0.00371. The molecule has 4 saturated heterocycles. The Balaban J connectivity index is 1.14. The van der Waals surface area contributed by atoms with Crippen LogP contribution in [0.4, 0.5) is 23.0 Å². The van der Waals surface area contributed by atoms with Crippen LogP contribution >= 0.6 is 0 Å². The summed E-state index contributed by atoms with van der Waals surface area (Å²) in [7, 11) is 2.22. The van der Waals surface area contributed by atoms with Crippen molar-refractivity contribution in [2.24, 2.45) is 5.73 Å². The lowest BCUT2D eigenvalue weighted by Crippen LogP contribution is -2.63. The number of pyridine rings is 1. The summed E-state index contributed by atoms with van der Waals surface area (Å²) in [6.07, 6.45) is 8.82. The fourth-order valence-electron chi connectivity index (χ4n) is 7.60. The second kappa shape index (κ2) is 12.5. The third-order valence-electron chi connectivity index (χ3n) is 10.4. The zero-order valence-electron chi connectivity index (χ0n) is 26.5. The zero-order valence-corrected chi connectivity index (χ0v) is 26.5. The molecule has 11 nitrogen and oxygen atoms in total. The van der Waals surface area contributed by atoms with Crippen molar-refractivity contribution < 1.29 is 9.53 Å². The summed E-state index contributed by atoms with van der Waals surface area (Å²) in [6, 6.07) is 10.9. The van der Waals surface area contributed by atoms with Crippen molar-refractivity contribution >= 4 is 28.9 Å². The first-order chi connectivity index (χ1) is 21.9. The van der Waals surface area contributed by atoms with Crippen molar-refractivity contribution in [2.45, 2.75) is 50.6 Å². The number of aromatic nitrogens is 3. The molecular formula is C34H45N9O2. The van der Waals surface area contributed by atoms with Crippen molar-refractivity contribution in [3.05, 3.63) is 54.0 Å². The number of carbonyl (C=O) groups excluding carboxylic acids is 1. The average molecular weight is 612 g/mol. The van der Waals surface area contributed by atoms with E-state index in [9.17, 15) is 4.79 Å². The Morgan fingerprint density at radius 1 is 0.956 bits per heavy atom. The average Bonchev–Trinajstić information content (AvgIpc) is 3.06. The number of ether oxygens (including phenoxy) is 1. The summed E-state index contributed by atoms with van der Waals surface area (Å²) < 4.78 is 5.70. The van der Waals surface area contributed by atoms with Crippen LogP contribution in [-0.2, 0) is 4.74 Å². The van der Waals surface area contributed by atoms with Crippen LogP contribution < -0.4 is 20.9 Å². The molecule has 7 rings (SSSR count). The van der Waals surface area contributed by atoms with E-state index >= 15 is 0 Å². The Morgan fingerprint density at radius 2 is 1.69 bits per heavy atom. The molecule has 11 heteroatoms. The maximum absolute atomic E-state index is 12.8. The van der Waals surface area contributed by atoms with Crippen LogP contribution in [-0.4, -0.2) is 108 Å². The van der Waals surface area contributed by atoms with Crippen molar-refractivity contribution in [3.8, 4) is 11.3 Å². The molecule has 1 spiro atoms. The Hall–Kier alpha value is -3.80. The largest absolute Gasteiger partial charge is 0.381 e. The summed E-state index contributed by atoms with van der Waals surface area (Å²) >= 11 is 0. The lowest BCUT2D eigenvalue weighted by atomic mass is 9.77. The molecule has 0 bridgehead atoms. The Bertz CT molecular complexity index is 1510. The van der Waals surface area contributed by atoms with Crippen LogP contribution in [0, 0.1) is 6.92 Å². The number of piperidine rings is 1. The van der Waals surface area contributed by atoms with Crippen LogP contribution in [0.3, 0.4) is 0 Å². The number of anilines is 4. The Labute approximate surface area is 265 Å². The number of nitrogens with zero attached hydrogens (tertiary/aromatic N) is 7. The first kappa shape index (κ1) is 29.9. The van der Waals surface area contributed by atoms with E-state index in [0.29, 0.717) is 17.6 Å². The van der Waals surface area contributed by atoms with Crippen LogP contribution in [0.2, 0.25) is 0 Å². The van der Waals surface area contributed by atoms with E-state index in [1.165, 1.54) is 37.2 Å². The molecule has 4 aliphatic rings. The van der Waals surface area contributed by atoms with Crippen LogP contribution in [0.1, 0.15) is 48.2 Å². The van der Waals surface area contributed by atoms with Gasteiger partial charge in [0.15, 0.2) is 17.3 Å². The number of amides is 1. The van der Waals surface area contributed by atoms with Crippen molar-refractivity contribution in [2.75, 3.05) is 81.2 Å². The quantitative estimate of drug-likeness (QED) is 0.410. The standard InChI is InChI=1S/C34H45N9O2/c1-24-23-26(3-4-28(24)42-14-7-27(8-15-42)41-19-17-40(2)18-20-41)37-32-30(31(35)44)38-29(25-5-12-36-13-6-25)33(39-32)43-16-9-34(43)10-21-45-22-11-34/h3-6,12-13,23,27H,7-11,14-22H2,1-2H3,(H2,35,44)(H,37,39). The molecule has 0 aliphatic carbocycles. The third-order valence-corrected chi connectivity index (χ3v) is 10.4. The number of nitrogens with one attached hydrogen (secondary N) is 1. The van der Waals surface area contributed by atoms with Crippen LogP contribution in [0.25, 0.3) is 11.3 Å². The van der Waals surface area contributed by atoms with Crippen molar-refractivity contribution in [1.29, 1.82) is 0 Å². The zero-order chi connectivity index (χ0) is 31.0. The molecule has 45 heavy (non-hydrogen) atoms. The molecule has 1 amide bonds. The number of piperazine rings is 1. The summed E-state index contributed by atoms with van der Waals surface area (Å²) in [5, 5.41) is 3.42. The molecule has 4 fully saturated rings. The van der Waals surface area contributed by atoms with Crippen LogP contribution in [0.15, 0.2) is 42.7 Å². The molecule has 3 aromatic rings. The first-order valence-corrected chi connectivity index (χ1v) is 16.4. The number of carbonyl (C=O) groups is 1. The molecule has 2 aromatic heterocycles. The minimum Gasteiger partial charge on any atom is -0.381 e. The molecule has 4 aliphatic heterocycles. The summed E-state index contributed by atoms with van der Waals surface area (Å²) in [6.45, 7) is 11.3. The molecule has 238 valence electrons. The second-order valence-electron chi connectivity index (χ2n) is 13.1. The molecule has 6 heterocycles. The number of hydrogen-bond acceptors (Lipinski definition) is 10. The summed E-state index contributed by atoms with van der Waals surface area (Å²) in [4.78, 5) is 36.9. The Morgan fingerprint density at radius 3 is 2.33 bits per heavy atom. The van der Waals surface area contributed by atoms with Crippen molar-refractivity contribution in [3.63, 3.8) is 0 Å². The summed E-state index contributed by atoms with van der Waals surface area (Å²) in [5.74, 6) is 0.524. The third kappa shape index (κ3) is 5.96. The molecule has 0 saturated carbocycles. The number of benzene rings is 1. The van der Waals surface area contributed by atoms with Crippen LogP contribution in [0.5, 0.6) is 0 Å². The lowest BCUT2D eigenvalue weighted by Gasteiger charge is -2.55. The van der Waals surface area contributed by atoms with Crippen molar-refractivity contribution in [1.82, 2.24) is 24.8 Å². The smallest absolute Gasteiger partial charge is 0.271 e. The van der Waals surface area contributed by atoms with E-state index in [1.54, 1.807) is 12.4 Å². The number of aryl methyl sites for hydroxylation is 1. The van der Waals surface area contributed by atoms with Gasteiger partial charge in [-0.2, -0.15) is 0 Å². The van der Waals surface area contributed by atoms with Gasteiger partial charge in [0.1, 0.15) is 5.69 Å². The highest BCUT2D eigenvalue weighted by atomic mass is 16.5. The molecule has 1 aromatic carbocycles. The monoisotopic (exact) mass is 611 g/mol. The van der Waals surface area contributed by atoms with E-state index in [0.717, 1.165) is 82.3 Å². The predicted molar refractivity (Wildman–Crippen MR) is 177 cm³/mol. The fourth-order valence-corrected chi connectivity index (χ4v) is 7.60. The highest BCUT2D eigenvalue weighted by Crippen LogP contribution is 2.45. The normalized spacial score (nSPS) is 21.1. The van der Waals surface area contributed by atoms with Gasteiger partial charge in [0.2, 0.25) is 0 Å². The number of likely N-dealkylation sites (N-methyl/N-ethyl adjacent to an activating group) is 1. The highest BCUT2D eigenvalue weighted by Gasteiger charge is 2.47. The van der Waals surface area contributed by atoms with E-state index in [1.807, 2.05) is 12.1 Å². The molecule has 0 atom stereocenters. The SMILES string of the molecule is Cc1cc(Nc2nc(N3CCC34CCOCC4)c(-c3ccncc3)nc2C(N)=O)ccc1N1CCC(N2CCN(C)CC2)CC1. The fraction of sp³-hybridized carbons (Fsp3) is 0.529. The van der Waals surface area contributed by atoms with Gasteiger partial charge in [0.25, 0.3) is 5.91 Å². The number of hydrogen-bond donors (Lipinski definition) is 2. The Kier molecular flexibility index (Phi) is 8.32. The van der Waals surface area contributed by atoms with E-state index in [4.69, 9.17) is 20.4 Å². The van der Waals surface area contributed by atoms with Gasteiger partial charge in [-0.25, -0.2) is 9.97 Å². The van der Waals surface area contributed by atoms with E-state index < -0.39 is 5.91 Å². The number of rotatable bonds is 7. The van der Waals surface area contributed by atoms with Gasteiger partial charge in [-0.15, -0.1) is 0 Å².